The first kappa shape index (κ1) is 13.6. The molecule has 2 aromatic carbocycles. The molecule has 0 aliphatic heterocycles. The molecule has 0 N–H and O–H groups in total. The molecular weight excluding hydrogens is 260 g/mol. The molecule has 0 spiro atoms. The molecule has 2 heteroatoms. The maximum Gasteiger partial charge on any atom is 0.197 e. The number of para-hydroxylation sites is 1. The molecule has 0 saturated carbocycles. The minimum atomic E-state index is 0.0478. The Kier molecular flexibility index (Phi) is 3.87. The van der Waals surface area contributed by atoms with Gasteiger partial charge in [0, 0.05) is 17.4 Å². The van der Waals surface area contributed by atoms with Crippen LogP contribution in [0.2, 0.25) is 0 Å². The topological polar surface area (TPSA) is 30.2 Å². The number of unbranched alkanes of at least 4 members (excludes halogenated alkanes) is 1. The number of carbonyl (C=O) groups excluding carboxylic acids is 1. The molecule has 0 unspecified atom stereocenters. The fourth-order valence-electron chi connectivity index (χ4n) is 2.59. The molecule has 0 bridgehead atoms. The second kappa shape index (κ2) is 5.96. The summed E-state index contributed by atoms with van der Waals surface area (Å²) in [5, 5.41) is 0.914. The smallest absolute Gasteiger partial charge is 0.197 e. The highest BCUT2D eigenvalue weighted by Gasteiger charge is 2.21. The van der Waals surface area contributed by atoms with Gasteiger partial charge in [0.05, 0.1) is 5.56 Å². The highest BCUT2D eigenvalue weighted by molar-refractivity contribution is 6.16. The normalized spacial score (nSPS) is 10.9. The largest absolute Gasteiger partial charge is 0.460 e. The Balaban J connectivity index is 2.12. The zero-order valence-corrected chi connectivity index (χ0v) is 12.1. The number of furan rings is 1. The molecule has 0 fully saturated rings. The summed E-state index contributed by atoms with van der Waals surface area (Å²) >= 11 is 0. The van der Waals surface area contributed by atoms with Crippen molar-refractivity contribution in [1.29, 1.82) is 0 Å². The molecule has 2 nitrogen and oxygen atoms in total. The van der Waals surface area contributed by atoms with E-state index in [1.807, 2.05) is 54.6 Å². The first-order valence-corrected chi connectivity index (χ1v) is 7.41. The monoisotopic (exact) mass is 278 g/mol. The molecule has 0 saturated heterocycles. The summed E-state index contributed by atoms with van der Waals surface area (Å²) in [5.74, 6) is 0.860. The van der Waals surface area contributed by atoms with Crippen molar-refractivity contribution in [2.75, 3.05) is 0 Å². The van der Waals surface area contributed by atoms with Gasteiger partial charge in [0.1, 0.15) is 11.3 Å². The lowest BCUT2D eigenvalue weighted by molar-refractivity contribution is 0.103. The highest BCUT2D eigenvalue weighted by atomic mass is 16.3. The van der Waals surface area contributed by atoms with Crippen LogP contribution in [-0.2, 0) is 6.42 Å². The molecule has 0 aliphatic rings. The maximum absolute atomic E-state index is 12.8. The Bertz CT molecular complexity index is 754. The quantitative estimate of drug-likeness (QED) is 0.614. The summed E-state index contributed by atoms with van der Waals surface area (Å²) < 4.78 is 5.92. The lowest BCUT2D eigenvalue weighted by atomic mass is 9.98. The van der Waals surface area contributed by atoms with Crippen molar-refractivity contribution >= 4 is 16.8 Å². The van der Waals surface area contributed by atoms with Crippen LogP contribution in [-0.4, -0.2) is 5.78 Å². The van der Waals surface area contributed by atoms with Crippen LogP contribution in [0.3, 0.4) is 0 Å². The van der Waals surface area contributed by atoms with Gasteiger partial charge in [-0.05, 0) is 12.5 Å². The highest BCUT2D eigenvalue weighted by Crippen LogP contribution is 2.29. The van der Waals surface area contributed by atoms with E-state index in [0.29, 0.717) is 5.56 Å². The number of hydrogen-bond acceptors (Lipinski definition) is 2. The van der Waals surface area contributed by atoms with Gasteiger partial charge in [0.25, 0.3) is 0 Å². The van der Waals surface area contributed by atoms with Gasteiger partial charge in [-0.1, -0.05) is 61.9 Å². The van der Waals surface area contributed by atoms with Gasteiger partial charge in [-0.15, -0.1) is 0 Å². The van der Waals surface area contributed by atoms with E-state index < -0.39 is 0 Å². The van der Waals surface area contributed by atoms with Crippen LogP contribution in [0.1, 0.15) is 41.4 Å². The second-order valence-electron chi connectivity index (χ2n) is 5.20. The van der Waals surface area contributed by atoms with E-state index in [9.17, 15) is 4.79 Å². The molecule has 0 aliphatic carbocycles. The third kappa shape index (κ3) is 2.62. The van der Waals surface area contributed by atoms with E-state index in [0.717, 1.165) is 41.6 Å². The molecular formula is C19H18O2. The predicted molar refractivity (Wildman–Crippen MR) is 84.7 cm³/mol. The van der Waals surface area contributed by atoms with E-state index in [4.69, 9.17) is 4.42 Å². The van der Waals surface area contributed by atoms with Gasteiger partial charge < -0.3 is 4.42 Å². The fraction of sp³-hybridized carbons (Fsp3) is 0.211. The number of aryl methyl sites for hydroxylation is 1. The Hall–Kier alpha value is -2.35. The second-order valence-corrected chi connectivity index (χ2v) is 5.20. The van der Waals surface area contributed by atoms with E-state index in [2.05, 4.69) is 6.92 Å². The van der Waals surface area contributed by atoms with Crippen LogP contribution in [0.4, 0.5) is 0 Å². The van der Waals surface area contributed by atoms with Gasteiger partial charge in [-0.3, -0.25) is 4.79 Å². The Morgan fingerprint density at radius 2 is 1.71 bits per heavy atom. The van der Waals surface area contributed by atoms with Crippen molar-refractivity contribution in [3.05, 3.63) is 71.5 Å². The Morgan fingerprint density at radius 1 is 1.00 bits per heavy atom. The molecule has 0 atom stereocenters. The molecule has 0 amide bonds. The van der Waals surface area contributed by atoms with Crippen molar-refractivity contribution in [2.24, 2.45) is 0 Å². The van der Waals surface area contributed by atoms with E-state index in [-0.39, 0.29) is 5.78 Å². The fourth-order valence-corrected chi connectivity index (χ4v) is 2.59. The Morgan fingerprint density at radius 3 is 2.48 bits per heavy atom. The minimum absolute atomic E-state index is 0.0478. The van der Waals surface area contributed by atoms with Gasteiger partial charge in [-0.2, -0.15) is 0 Å². The van der Waals surface area contributed by atoms with Crippen LogP contribution in [0, 0.1) is 0 Å². The number of benzene rings is 2. The molecule has 3 rings (SSSR count). The summed E-state index contributed by atoms with van der Waals surface area (Å²) in [6.45, 7) is 2.14. The van der Waals surface area contributed by atoms with Crippen LogP contribution in [0.25, 0.3) is 11.0 Å². The summed E-state index contributed by atoms with van der Waals surface area (Å²) in [6, 6.07) is 17.2. The first-order valence-electron chi connectivity index (χ1n) is 7.41. The van der Waals surface area contributed by atoms with Crippen LogP contribution in [0.5, 0.6) is 0 Å². The Labute approximate surface area is 124 Å². The van der Waals surface area contributed by atoms with Gasteiger partial charge in [0.2, 0.25) is 0 Å². The van der Waals surface area contributed by atoms with Crippen molar-refractivity contribution < 1.29 is 9.21 Å². The van der Waals surface area contributed by atoms with Crippen LogP contribution in [0.15, 0.2) is 59.0 Å². The number of ketones is 1. The standard InChI is InChI=1S/C19H18O2/c1-2-3-12-17-18(15-11-7-8-13-16(15)21-17)19(20)14-9-5-4-6-10-14/h4-11,13H,2-3,12H2,1H3. The average Bonchev–Trinajstić information content (AvgIpc) is 2.91. The van der Waals surface area contributed by atoms with E-state index in [1.54, 1.807) is 0 Å². The molecule has 3 aromatic rings. The summed E-state index contributed by atoms with van der Waals surface area (Å²) in [5.41, 5.74) is 2.23. The van der Waals surface area contributed by atoms with Crippen LogP contribution >= 0.6 is 0 Å². The van der Waals surface area contributed by atoms with Crippen LogP contribution < -0.4 is 0 Å². The predicted octanol–water partition coefficient (Wildman–Crippen LogP) is 5.01. The summed E-state index contributed by atoms with van der Waals surface area (Å²) in [6.07, 6.45) is 2.91. The third-order valence-electron chi connectivity index (χ3n) is 3.69. The lowest BCUT2D eigenvalue weighted by Gasteiger charge is -2.02. The number of fused-ring (bicyclic) bond motifs is 1. The van der Waals surface area contributed by atoms with Crippen molar-refractivity contribution in [3.8, 4) is 0 Å². The average molecular weight is 278 g/mol. The minimum Gasteiger partial charge on any atom is -0.460 e. The van der Waals surface area contributed by atoms with Gasteiger partial charge in [0.15, 0.2) is 5.78 Å². The number of rotatable bonds is 5. The first-order chi connectivity index (χ1) is 10.3. The maximum atomic E-state index is 12.8. The SMILES string of the molecule is CCCCc1oc2ccccc2c1C(=O)c1ccccc1. The van der Waals surface area contributed by atoms with Gasteiger partial charge in [-0.25, -0.2) is 0 Å². The molecule has 21 heavy (non-hydrogen) atoms. The van der Waals surface area contributed by atoms with Crippen molar-refractivity contribution in [1.82, 2.24) is 0 Å². The molecule has 1 heterocycles. The zero-order valence-electron chi connectivity index (χ0n) is 12.1. The van der Waals surface area contributed by atoms with Crippen molar-refractivity contribution in [2.45, 2.75) is 26.2 Å². The molecule has 106 valence electrons. The van der Waals surface area contributed by atoms with E-state index in [1.165, 1.54) is 0 Å². The number of hydrogen-bond donors (Lipinski definition) is 0. The third-order valence-corrected chi connectivity index (χ3v) is 3.69. The zero-order chi connectivity index (χ0) is 14.7. The lowest BCUT2D eigenvalue weighted by Crippen LogP contribution is -2.03. The van der Waals surface area contributed by atoms with Gasteiger partial charge >= 0.3 is 0 Å². The molecule has 0 radical (unpaired) electrons. The number of carbonyl (C=O) groups is 1. The van der Waals surface area contributed by atoms with E-state index >= 15 is 0 Å². The van der Waals surface area contributed by atoms with Crippen molar-refractivity contribution in [3.63, 3.8) is 0 Å². The summed E-state index contributed by atoms with van der Waals surface area (Å²) in [4.78, 5) is 12.8. The molecule has 1 aromatic heterocycles. The summed E-state index contributed by atoms with van der Waals surface area (Å²) in [7, 11) is 0.